The predicted octanol–water partition coefficient (Wildman–Crippen LogP) is 4.04. The van der Waals surface area contributed by atoms with Gasteiger partial charge in [0.2, 0.25) is 5.95 Å². The Hall–Kier alpha value is -2.79. The van der Waals surface area contributed by atoms with Gasteiger partial charge in [0.25, 0.3) is 0 Å². The topological polar surface area (TPSA) is 53.9 Å². The van der Waals surface area contributed by atoms with E-state index in [0.717, 1.165) is 31.0 Å². The third-order valence-electron chi connectivity index (χ3n) is 5.07. The fourth-order valence-electron chi connectivity index (χ4n) is 3.64. The van der Waals surface area contributed by atoms with Crippen molar-refractivity contribution in [3.63, 3.8) is 0 Å². The summed E-state index contributed by atoms with van der Waals surface area (Å²) in [6.07, 6.45) is 7.10. The average Bonchev–Trinajstić information content (AvgIpc) is 2.74. The quantitative estimate of drug-likeness (QED) is 0.720. The summed E-state index contributed by atoms with van der Waals surface area (Å²) >= 11 is 0. The molecule has 3 aromatic rings. The fraction of sp³-hybridized carbons (Fsp3) is 0.318. The molecule has 1 fully saturated rings. The molecular formula is C22H25N5. The van der Waals surface area contributed by atoms with Gasteiger partial charge >= 0.3 is 0 Å². The van der Waals surface area contributed by atoms with Crippen LogP contribution in [-0.4, -0.2) is 39.5 Å². The van der Waals surface area contributed by atoms with Gasteiger partial charge in [-0.15, -0.1) is 0 Å². The van der Waals surface area contributed by atoms with E-state index in [-0.39, 0.29) is 0 Å². The Morgan fingerprint density at radius 3 is 2.70 bits per heavy atom. The van der Waals surface area contributed by atoms with Crippen molar-refractivity contribution in [1.82, 2.24) is 19.9 Å². The van der Waals surface area contributed by atoms with Crippen molar-refractivity contribution in [3.8, 4) is 0 Å². The minimum absolute atomic E-state index is 0.460. The molecule has 0 saturated carbocycles. The number of nitrogens with zero attached hydrogens (tertiary/aromatic N) is 4. The third-order valence-corrected chi connectivity index (χ3v) is 5.07. The Kier molecular flexibility index (Phi) is 5.70. The molecule has 1 saturated heterocycles. The van der Waals surface area contributed by atoms with Gasteiger partial charge in [0, 0.05) is 31.4 Å². The second kappa shape index (κ2) is 8.73. The number of piperidine rings is 1. The minimum atomic E-state index is 0.460. The Morgan fingerprint density at radius 1 is 0.963 bits per heavy atom. The van der Waals surface area contributed by atoms with Crippen molar-refractivity contribution in [2.24, 2.45) is 0 Å². The van der Waals surface area contributed by atoms with Gasteiger partial charge in [-0.2, -0.15) is 0 Å². The van der Waals surface area contributed by atoms with E-state index in [1.165, 1.54) is 24.9 Å². The van der Waals surface area contributed by atoms with Crippen LogP contribution in [0, 0.1) is 0 Å². The maximum Gasteiger partial charge on any atom is 0.228 e. The highest BCUT2D eigenvalue weighted by atomic mass is 15.2. The van der Waals surface area contributed by atoms with Crippen molar-refractivity contribution >= 4 is 11.8 Å². The molecule has 1 aliphatic rings. The highest BCUT2D eigenvalue weighted by Crippen LogP contribution is 2.26. The van der Waals surface area contributed by atoms with Crippen LogP contribution in [0.2, 0.25) is 0 Å². The molecule has 0 spiro atoms. The van der Waals surface area contributed by atoms with Gasteiger partial charge in [0.15, 0.2) is 0 Å². The van der Waals surface area contributed by atoms with Crippen molar-refractivity contribution in [1.29, 1.82) is 0 Å². The molecule has 1 aliphatic heterocycles. The van der Waals surface area contributed by atoms with Gasteiger partial charge < -0.3 is 10.2 Å². The number of anilines is 2. The summed E-state index contributed by atoms with van der Waals surface area (Å²) in [4.78, 5) is 16.0. The van der Waals surface area contributed by atoms with Crippen molar-refractivity contribution in [2.45, 2.75) is 25.2 Å². The number of benzene rings is 1. The number of rotatable bonds is 6. The molecule has 0 bridgehead atoms. The van der Waals surface area contributed by atoms with Crippen molar-refractivity contribution < 1.29 is 0 Å². The number of hydrogen-bond acceptors (Lipinski definition) is 5. The zero-order valence-corrected chi connectivity index (χ0v) is 15.5. The molecular weight excluding hydrogens is 334 g/mol. The molecule has 0 amide bonds. The smallest absolute Gasteiger partial charge is 0.228 e. The van der Waals surface area contributed by atoms with Gasteiger partial charge in [-0.1, -0.05) is 36.4 Å². The maximum atomic E-state index is 4.76. The summed E-state index contributed by atoms with van der Waals surface area (Å²) in [6.45, 7) is 3.34. The lowest BCUT2D eigenvalue weighted by molar-refractivity contribution is 0.208. The number of likely N-dealkylation sites (tertiary alicyclic amines) is 1. The Bertz CT molecular complexity index is 838. The molecule has 5 nitrogen and oxygen atoms in total. The van der Waals surface area contributed by atoms with Crippen LogP contribution in [0.25, 0.3) is 0 Å². The van der Waals surface area contributed by atoms with E-state index in [2.05, 4.69) is 56.6 Å². The summed E-state index contributed by atoms with van der Waals surface area (Å²) in [5.41, 5.74) is 2.52. The molecule has 5 heteroatoms. The van der Waals surface area contributed by atoms with E-state index in [1.807, 2.05) is 24.4 Å². The lowest BCUT2D eigenvalue weighted by Gasteiger charge is -2.32. The van der Waals surface area contributed by atoms with Gasteiger partial charge in [0.05, 0.1) is 5.69 Å². The summed E-state index contributed by atoms with van der Waals surface area (Å²) in [5, 5.41) is 3.19. The Labute approximate surface area is 160 Å². The highest BCUT2D eigenvalue weighted by molar-refractivity contribution is 5.46. The van der Waals surface area contributed by atoms with Gasteiger partial charge in [-0.05, 0) is 49.6 Å². The number of pyridine rings is 1. The molecule has 2 aromatic heterocycles. The van der Waals surface area contributed by atoms with Crippen LogP contribution in [-0.2, 0) is 6.42 Å². The summed E-state index contributed by atoms with van der Waals surface area (Å²) in [7, 11) is 0. The monoisotopic (exact) mass is 359 g/mol. The summed E-state index contributed by atoms with van der Waals surface area (Å²) in [5.74, 6) is 1.84. The van der Waals surface area contributed by atoms with E-state index in [9.17, 15) is 0 Å². The predicted molar refractivity (Wildman–Crippen MR) is 108 cm³/mol. The number of hydrogen-bond donors (Lipinski definition) is 1. The SMILES string of the molecule is c1ccc(CCN2CCCC(c3ccnc(Nc4ccccn4)n3)C2)cc1. The van der Waals surface area contributed by atoms with Crippen LogP contribution < -0.4 is 5.32 Å². The second-order valence-electron chi connectivity index (χ2n) is 7.02. The largest absolute Gasteiger partial charge is 0.309 e. The Balaban J connectivity index is 1.38. The van der Waals surface area contributed by atoms with Crippen LogP contribution >= 0.6 is 0 Å². The lowest BCUT2D eigenvalue weighted by Crippen LogP contribution is -2.36. The maximum absolute atomic E-state index is 4.76. The standard InChI is InChI=1S/C22H25N5/c1-2-7-18(8-3-1)12-16-27-15-6-9-19(17-27)20-11-14-24-22(25-20)26-21-10-4-5-13-23-21/h1-5,7-8,10-11,13-14,19H,6,9,12,15-17H2,(H,23,24,25,26). The normalized spacial score (nSPS) is 17.6. The lowest BCUT2D eigenvalue weighted by atomic mass is 9.94. The molecule has 4 rings (SSSR count). The molecule has 1 unspecified atom stereocenters. The first-order chi connectivity index (χ1) is 13.4. The van der Waals surface area contributed by atoms with Crippen LogP contribution in [0.15, 0.2) is 67.0 Å². The molecule has 27 heavy (non-hydrogen) atoms. The van der Waals surface area contributed by atoms with Gasteiger partial charge in [-0.3, -0.25) is 0 Å². The summed E-state index contributed by atoms with van der Waals surface area (Å²) in [6, 6.07) is 18.5. The third kappa shape index (κ3) is 4.89. The molecule has 1 aromatic carbocycles. The zero-order chi connectivity index (χ0) is 18.3. The first-order valence-electron chi connectivity index (χ1n) is 9.64. The van der Waals surface area contributed by atoms with Crippen molar-refractivity contribution in [2.75, 3.05) is 25.0 Å². The van der Waals surface area contributed by atoms with Gasteiger partial charge in [0.1, 0.15) is 5.82 Å². The molecule has 1 N–H and O–H groups in total. The van der Waals surface area contributed by atoms with Gasteiger partial charge in [-0.25, -0.2) is 15.0 Å². The number of aromatic nitrogens is 3. The van der Waals surface area contributed by atoms with Crippen molar-refractivity contribution in [3.05, 3.63) is 78.2 Å². The average molecular weight is 359 g/mol. The fourth-order valence-corrected chi connectivity index (χ4v) is 3.64. The van der Waals surface area contributed by atoms with E-state index in [4.69, 9.17) is 4.98 Å². The van der Waals surface area contributed by atoms with E-state index >= 15 is 0 Å². The second-order valence-corrected chi connectivity index (χ2v) is 7.02. The minimum Gasteiger partial charge on any atom is -0.309 e. The highest BCUT2D eigenvalue weighted by Gasteiger charge is 2.22. The van der Waals surface area contributed by atoms with E-state index in [0.29, 0.717) is 11.9 Å². The molecule has 138 valence electrons. The summed E-state index contributed by atoms with van der Waals surface area (Å²) < 4.78 is 0. The Morgan fingerprint density at radius 2 is 1.85 bits per heavy atom. The first kappa shape index (κ1) is 17.6. The van der Waals surface area contributed by atoms with Crippen LogP contribution in [0.3, 0.4) is 0 Å². The molecule has 0 aliphatic carbocycles. The van der Waals surface area contributed by atoms with Crippen LogP contribution in [0.4, 0.5) is 11.8 Å². The zero-order valence-electron chi connectivity index (χ0n) is 15.5. The molecule has 3 heterocycles. The van der Waals surface area contributed by atoms with E-state index in [1.54, 1.807) is 6.20 Å². The van der Waals surface area contributed by atoms with E-state index < -0.39 is 0 Å². The first-order valence-corrected chi connectivity index (χ1v) is 9.64. The number of nitrogens with one attached hydrogen (secondary N) is 1. The van der Waals surface area contributed by atoms with Crippen LogP contribution in [0.5, 0.6) is 0 Å². The molecule has 1 atom stereocenters. The van der Waals surface area contributed by atoms with Crippen LogP contribution in [0.1, 0.15) is 30.0 Å². The molecule has 0 radical (unpaired) electrons.